The topological polar surface area (TPSA) is 55.6 Å². The molecule has 0 fully saturated rings. The van der Waals surface area contributed by atoms with Crippen LogP contribution in [-0.4, -0.2) is 26.8 Å². The monoisotopic (exact) mass is 279 g/mol. The summed E-state index contributed by atoms with van der Waals surface area (Å²) in [7, 11) is 0. The van der Waals surface area contributed by atoms with Gasteiger partial charge < -0.3 is 5.32 Å². The van der Waals surface area contributed by atoms with Crippen LogP contribution in [0.25, 0.3) is 17.1 Å². The van der Waals surface area contributed by atoms with Crippen molar-refractivity contribution in [1.29, 1.82) is 0 Å². The standard InChI is InChI=1S/C16H17N5/c1-2-17-12-13-8-10-15(11-9-13)21-19-16(18-20-21)14-6-4-3-5-7-14/h3-11,17H,2,12H2,1H3. The number of aromatic nitrogens is 4. The van der Waals surface area contributed by atoms with Crippen LogP contribution in [0, 0.1) is 0 Å². The van der Waals surface area contributed by atoms with Crippen LogP contribution in [0.4, 0.5) is 0 Å². The van der Waals surface area contributed by atoms with E-state index in [1.165, 1.54) is 5.56 Å². The third kappa shape index (κ3) is 3.14. The van der Waals surface area contributed by atoms with E-state index in [9.17, 15) is 0 Å². The van der Waals surface area contributed by atoms with E-state index < -0.39 is 0 Å². The summed E-state index contributed by atoms with van der Waals surface area (Å²) in [5.41, 5.74) is 3.11. The molecule has 21 heavy (non-hydrogen) atoms. The van der Waals surface area contributed by atoms with E-state index in [0.717, 1.165) is 24.3 Å². The second kappa shape index (κ2) is 6.28. The highest BCUT2D eigenvalue weighted by molar-refractivity contribution is 5.53. The molecule has 0 aliphatic carbocycles. The SMILES string of the molecule is CCNCc1ccc(-n2nnc(-c3ccccc3)n2)cc1. The van der Waals surface area contributed by atoms with E-state index in [4.69, 9.17) is 0 Å². The quantitative estimate of drug-likeness (QED) is 0.779. The number of benzene rings is 2. The smallest absolute Gasteiger partial charge is 0.205 e. The minimum Gasteiger partial charge on any atom is -0.313 e. The zero-order valence-corrected chi connectivity index (χ0v) is 11.9. The van der Waals surface area contributed by atoms with Crippen LogP contribution in [0.5, 0.6) is 0 Å². The van der Waals surface area contributed by atoms with Crippen molar-refractivity contribution >= 4 is 0 Å². The van der Waals surface area contributed by atoms with Gasteiger partial charge in [-0.25, -0.2) is 0 Å². The molecule has 0 bridgehead atoms. The first-order valence-electron chi connectivity index (χ1n) is 7.02. The summed E-state index contributed by atoms with van der Waals surface area (Å²) in [5.74, 6) is 0.632. The third-order valence-corrected chi connectivity index (χ3v) is 3.19. The lowest BCUT2D eigenvalue weighted by Crippen LogP contribution is -2.11. The van der Waals surface area contributed by atoms with Crippen LogP contribution in [0.15, 0.2) is 54.6 Å². The summed E-state index contributed by atoms with van der Waals surface area (Å²) >= 11 is 0. The van der Waals surface area contributed by atoms with Crippen molar-refractivity contribution in [2.45, 2.75) is 13.5 Å². The average molecular weight is 279 g/mol. The first kappa shape index (κ1) is 13.5. The maximum Gasteiger partial charge on any atom is 0.205 e. The largest absolute Gasteiger partial charge is 0.313 e. The summed E-state index contributed by atoms with van der Waals surface area (Å²) in [6, 6.07) is 18.0. The first-order chi connectivity index (χ1) is 10.4. The van der Waals surface area contributed by atoms with Gasteiger partial charge in [0.15, 0.2) is 0 Å². The van der Waals surface area contributed by atoms with Gasteiger partial charge in [0.05, 0.1) is 5.69 Å². The minimum atomic E-state index is 0.632. The molecule has 0 atom stereocenters. The number of nitrogens with one attached hydrogen (secondary N) is 1. The number of nitrogens with zero attached hydrogens (tertiary/aromatic N) is 4. The molecule has 0 amide bonds. The summed E-state index contributed by atoms with van der Waals surface area (Å²) < 4.78 is 0. The fourth-order valence-corrected chi connectivity index (χ4v) is 2.04. The van der Waals surface area contributed by atoms with Crippen LogP contribution in [0.2, 0.25) is 0 Å². The number of hydrogen-bond acceptors (Lipinski definition) is 4. The van der Waals surface area contributed by atoms with Crippen molar-refractivity contribution in [1.82, 2.24) is 25.5 Å². The summed E-state index contributed by atoms with van der Waals surface area (Å²) in [4.78, 5) is 1.55. The zero-order chi connectivity index (χ0) is 14.5. The van der Waals surface area contributed by atoms with Gasteiger partial charge in [0, 0.05) is 12.1 Å². The Morgan fingerprint density at radius 3 is 2.48 bits per heavy atom. The first-order valence-corrected chi connectivity index (χ1v) is 7.02. The van der Waals surface area contributed by atoms with E-state index in [-0.39, 0.29) is 0 Å². The second-order valence-electron chi connectivity index (χ2n) is 4.72. The van der Waals surface area contributed by atoms with E-state index in [0.29, 0.717) is 5.82 Å². The molecule has 0 saturated heterocycles. The molecule has 2 aromatic carbocycles. The molecule has 0 spiro atoms. The molecular formula is C16H17N5. The maximum atomic E-state index is 4.42. The van der Waals surface area contributed by atoms with Gasteiger partial charge >= 0.3 is 0 Å². The highest BCUT2D eigenvalue weighted by Crippen LogP contribution is 2.14. The third-order valence-electron chi connectivity index (χ3n) is 3.19. The molecule has 0 radical (unpaired) electrons. The van der Waals surface area contributed by atoms with Gasteiger partial charge in [0.25, 0.3) is 0 Å². The molecular weight excluding hydrogens is 262 g/mol. The van der Waals surface area contributed by atoms with Gasteiger partial charge in [-0.1, -0.05) is 49.4 Å². The summed E-state index contributed by atoms with van der Waals surface area (Å²) in [6.07, 6.45) is 0. The molecule has 3 aromatic rings. The molecule has 5 heteroatoms. The van der Waals surface area contributed by atoms with Crippen molar-refractivity contribution in [3.63, 3.8) is 0 Å². The predicted octanol–water partition coefficient (Wildman–Crippen LogP) is 2.44. The Balaban J connectivity index is 1.80. The van der Waals surface area contributed by atoms with Crippen molar-refractivity contribution < 1.29 is 0 Å². The van der Waals surface area contributed by atoms with Crippen molar-refractivity contribution in [2.75, 3.05) is 6.54 Å². The number of tetrazole rings is 1. The molecule has 106 valence electrons. The molecule has 3 rings (SSSR count). The van der Waals surface area contributed by atoms with Crippen LogP contribution < -0.4 is 5.32 Å². The normalized spacial score (nSPS) is 10.7. The van der Waals surface area contributed by atoms with Crippen LogP contribution in [0.3, 0.4) is 0 Å². The van der Waals surface area contributed by atoms with Gasteiger partial charge in [-0.2, -0.15) is 0 Å². The Labute approximate surface area is 123 Å². The fraction of sp³-hybridized carbons (Fsp3) is 0.188. The fourth-order valence-electron chi connectivity index (χ4n) is 2.04. The van der Waals surface area contributed by atoms with Crippen LogP contribution in [0.1, 0.15) is 12.5 Å². The van der Waals surface area contributed by atoms with Crippen molar-refractivity contribution in [2.24, 2.45) is 0 Å². The minimum absolute atomic E-state index is 0.632. The van der Waals surface area contributed by atoms with E-state index in [1.807, 2.05) is 42.5 Å². The Hall–Kier alpha value is -2.53. The molecule has 0 aliphatic heterocycles. The predicted molar refractivity (Wildman–Crippen MR) is 82.0 cm³/mol. The van der Waals surface area contributed by atoms with Gasteiger partial charge in [0.1, 0.15) is 0 Å². The molecule has 0 aliphatic rings. The number of hydrogen-bond donors (Lipinski definition) is 1. The molecule has 0 unspecified atom stereocenters. The molecule has 1 N–H and O–H groups in total. The van der Waals surface area contributed by atoms with Crippen molar-refractivity contribution in [3.8, 4) is 17.1 Å². The highest BCUT2D eigenvalue weighted by Gasteiger charge is 2.06. The van der Waals surface area contributed by atoms with E-state index in [2.05, 4.69) is 39.8 Å². The summed E-state index contributed by atoms with van der Waals surface area (Å²) in [5, 5.41) is 15.9. The summed E-state index contributed by atoms with van der Waals surface area (Å²) in [6.45, 7) is 3.93. The van der Waals surface area contributed by atoms with Gasteiger partial charge in [-0.3, -0.25) is 0 Å². The Morgan fingerprint density at radius 2 is 1.76 bits per heavy atom. The maximum absolute atomic E-state index is 4.42. The van der Waals surface area contributed by atoms with Crippen LogP contribution >= 0.6 is 0 Å². The lowest BCUT2D eigenvalue weighted by atomic mass is 10.2. The van der Waals surface area contributed by atoms with Gasteiger partial charge in [0.2, 0.25) is 5.82 Å². The van der Waals surface area contributed by atoms with Crippen LogP contribution in [-0.2, 0) is 6.54 Å². The lowest BCUT2D eigenvalue weighted by Gasteiger charge is -2.03. The zero-order valence-electron chi connectivity index (χ0n) is 11.9. The number of rotatable bonds is 5. The van der Waals surface area contributed by atoms with Crippen molar-refractivity contribution in [3.05, 3.63) is 60.2 Å². The van der Waals surface area contributed by atoms with Gasteiger partial charge in [-0.15, -0.1) is 15.0 Å². The molecule has 1 heterocycles. The second-order valence-corrected chi connectivity index (χ2v) is 4.72. The molecule has 0 saturated carbocycles. The molecule has 1 aromatic heterocycles. The van der Waals surface area contributed by atoms with E-state index in [1.54, 1.807) is 4.80 Å². The molecule has 5 nitrogen and oxygen atoms in total. The Kier molecular flexibility index (Phi) is 4.02. The Morgan fingerprint density at radius 1 is 1.00 bits per heavy atom. The Bertz CT molecular complexity index is 688. The lowest BCUT2D eigenvalue weighted by molar-refractivity contribution is 0.713. The average Bonchev–Trinajstić information content (AvgIpc) is 3.04. The highest BCUT2D eigenvalue weighted by atomic mass is 15.6. The van der Waals surface area contributed by atoms with E-state index >= 15 is 0 Å². The van der Waals surface area contributed by atoms with Gasteiger partial charge in [-0.05, 0) is 29.5 Å².